The van der Waals surface area contributed by atoms with E-state index in [0.717, 1.165) is 0 Å². The average molecular weight is 383 g/mol. The molecule has 0 amide bonds. The molecule has 0 aliphatic heterocycles. The van der Waals surface area contributed by atoms with Crippen LogP contribution in [0.3, 0.4) is 0 Å². The molecule has 1 aliphatic carbocycles. The lowest BCUT2D eigenvalue weighted by Gasteiger charge is -2.30. The van der Waals surface area contributed by atoms with Gasteiger partial charge in [0.25, 0.3) is 0 Å². The van der Waals surface area contributed by atoms with Crippen molar-refractivity contribution in [3.8, 4) is 6.07 Å². The molecule has 4 atom stereocenters. The summed E-state index contributed by atoms with van der Waals surface area (Å²) in [6.07, 6.45) is 1.76. The molecule has 3 rings (SSSR count). The first-order valence-corrected chi connectivity index (χ1v) is 8.81. The zero-order chi connectivity index (χ0) is 18.6. The number of halogens is 2. The first-order valence-electron chi connectivity index (χ1n) is 8.06. The second-order valence-corrected chi connectivity index (χ2v) is 8.16. The minimum atomic E-state index is -1.32. The van der Waals surface area contributed by atoms with E-state index < -0.39 is 11.2 Å². The zero-order valence-corrected chi connectivity index (χ0v) is 16.0. The van der Waals surface area contributed by atoms with Crippen molar-refractivity contribution in [2.75, 3.05) is 0 Å². The quantitative estimate of drug-likeness (QED) is 0.641. The van der Waals surface area contributed by atoms with Gasteiger partial charge < -0.3 is 14.4 Å². The van der Waals surface area contributed by atoms with Crippen LogP contribution in [-0.4, -0.2) is 31.5 Å². The summed E-state index contributed by atoms with van der Waals surface area (Å²) in [6.45, 7) is 7.06. The maximum absolute atomic E-state index is 10.1. The zero-order valence-electron chi connectivity index (χ0n) is 14.5. The van der Waals surface area contributed by atoms with Crippen LogP contribution in [0.2, 0.25) is 10.2 Å². The molecule has 2 heterocycles. The molecule has 1 aliphatic rings. The Morgan fingerprint density at radius 3 is 2.76 bits per heavy atom. The van der Waals surface area contributed by atoms with Crippen LogP contribution >= 0.6 is 23.2 Å². The number of imidazole rings is 1. The Morgan fingerprint density at radius 1 is 1.48 bits per heavy atom. The van der Waals surface area contributed by atoms with Gasteiger partial charge in [-0.1, -0.05) is 30.1 Å². The van der Waals surface area contributed by atoms with Gasteiger partial charge in [0.15, 0.2) is 11.4 Å². The molecule has 8 heteroatoms. The van der Waals surface area contributed by atoms with E-state index in [1.807, 2.05) is 18.4 Å². The van der Waals surface area contributed by atoms with E-state index in [0.29, 0.717) is 22.6 Å². The van der Waals surface area contributed by atoms with Crippen molar-refractivity contribution in [2.45, 2.75) is 52.0 Å². The highest BCUT2D eigenvalue weighted by molar-refractivity contribution is 6.37. The minimum Gasteiger partial charge on any atom is -0.366 e. The summed E-state index contributed by atoms with van der Waals surface area (Å²) < 4.78 is 7.73. The van der Waals surface area contributed by atoms with Gasteiger partial charge in [-0.15, -0.1) is 0 Å². The maximum Gasteiger partial charge on any atom is 0.163 e. The second-order valence-electron chi connectivity index (χ2n) is 7.37. The van der Waals surface area contributed by atoms with E-state index in [1.165, 1.54) is 0 Å². The van der Waals surface area contributed by atoms with Gasteiger partial charge in [-0.25, -0.2) is 9.97 Å². The Kier molecular flexibility index (Phi) is 4.49. The minimum absolute atomic E-state index is 0.0539. The third kappa shape index (κ3) is 3.22. The van der Waals surface area contributed by atoms with E-state index in [4.69, 9.17) is 27.9 Å². The van der Waals surface area contributed by atoms with Crippen molar-refractivity contribution < 1.29 is 9.84 Å². The van der Waals surface area contributed by atoms with Crippen LogP contribution in [0.4, 0.5) is 0 Å². The fourth-order valence-electron chi connectivity index (χ4n) is 3.63. The number of nitriles is 1. The molecule has 0 aromatic carbocycles. The van der Waals surface area contributed by atoms with Gasteiger partial charge in [-0.2, -0.15) is 5.26 Å². The highest BCUT2D eigenvalue weighted by Gasteiger charge is 2.52. The molecular formula is C17H20Cl2N4O2. The van der Waals surface area contributed by atoms with Gasteiger partial charge in [0.2, 0.25) is 0 Å². The maximum atomic E-state index is 10.1. The molecule has 1 N–H and O–H groups in total. The summed E-state index contributed by atoms with van der Waals surface area (Å²) in [6, 6.07) is 3.71. The average Bonchev–Trinajstić information content (AvgIpc) is 2.98. The molecule has 0 bridgehead atoms. The highest BCUT2D eigenvalue weighted by atomic mass is 35.5. The Balaban J connectivity index is 2.14. The molecular weight excluding hydrogens is 363 g/mol. The number of nitrogens with zero attached hydrogens (tertiary/aromatic N) is 4. The molecule has 0 radical (unpaired) electrons. The van der Waals surface area contributed by atoms with E-state index >= 15 is 0 Å². The van der Waals surface area contributed by atoms with Crippen molar-refractivity contribution in [3.05, 3.63) is 22.6 Å². The van der Waals surface area contributed by atoms with Gasteiger partial charge in [-0.05, 0) is 39.2 Å². The van der Waals surface area contributed by atoms with Crippen molar-refractivity contribution in [1.82, 2.24) is 14.5 Å². The number of hydrogen-bond acceptors (Lipinski definition) is 5. The standard InChI is InChI=1S/C17H20Cl2N4O2/c1-9-14(11(25-16(2,3)24)6-17(9,4)7-20)23-8-21-13-10(18)5-12(19)22-15(13)23/h5,8-9,11,14,24H,6H2,1-4H3/t9-,11-,14-,17+/m1/s1. The van der Waals surface area contributed by atoms with Gasteiger partial charge in [0.1, 0.15) is 10.7 Å². The molecule has 2 aromatic rings. The number of pyridine rings is 1. The van der Waals surface area contributed by atoms with Gasteiger partial charge in [0, 0.05) is 0 Å². The molecule has 1 saturated carbocycles. The summed E-state index contributed by atoms with van der Waals surface area (Å²) in [5, 5.41) is 20.5. The molecule has 6 nitrogen and oxygen atoms in total. The second kappa shape index (κ2) is 6.10. The molecule has 2 aromatic heterocycles. The van der Waals surface area contributed by atoms with Crippen LogP contribution in [-0.2, 0) is 4.74 Å². The summed E-state index contributed by atoms with van der Waals surface area (Å²) in [5.41, 5.74) is 0.492. The number of aromatic nitrogens is 3. The number of hydrogen-bond donors (Lipinski definition) is 1. The van der Waals surface area contributed by atoms with Crippen LogP contribution in [0.5, 0.6) is 0 Å². The third-order valence-electron chi connectivity index (χ3n) is 4.99. The Bertz CT molecular complexity index is 855. The third-order valence-corrected chi connectivity index (χ3v) is 5.47. The van der Waals surface area contributed by atoms with Crippen molar-refractivity contribution in [1.29, 1.82) is 5.26 Å². The van der Waals surface area contributed by atoms with Crippen molar-refractivity contribution >= 4 is 34.4 Å². The largest absolute Gasteiger partial charge is 0.366 e. The van der Waals surface area contributed by atoms with Crippen LogP contribution in [0.15, 0.2) is 12.4 Å². The lowest BCUT2D eigenvalue weighted by molar-refractivity contribution is -0.212. The van der Waals surface area contributed by atoms with Crippen molar-refractivity contribution in [3.63, 3.8) is 0 Å². The first-order chi connectivity index (χ1) is 11.6. The van der Waals surface area contributed by atoms with Crippen LogP contribution < -0.4 is 0 Å². The Morgan fingerprint density at radius 2 is 2.16 bits per heavy atom. The molecule has 0 unspecified atom stereocenters. The Hall–Kier alpha value is -1.39. The molecule has 134 valence electrons. The molecule has 0 saturated heterocycles. The number of rotatable bonds is 3. The fraction of sp³-hybridized carbons (Fsp3) is 0.588. The van der Waals surface area contributed by atoms with Crippen molar-refractivity contribution in [2.24, 2.45) is 11.3 Å². The molecule has 1 fully saturated rings. The number of ether oxygens (including phenoxy) is 1. The smallest absolute Gasteiger partial charge is 0.163 e. The molecule has 0 spiro atoms. The summed E-state index contributed by atoms with van der Waals surface area (Å²) >= 11 is 12.3. The lowest BCUT2D eigenvalue weighted by Crippen LogP contribution is -2.34. The number of fused-ring (bicyclic) bond motifs is 1. The van der Waals surface area contributed by atoms with Gasteiger partial charge in [0.05, 0.1) is 35.0 Å². The van der Waals surface area contributed by atoms with E-state index in [1.54, 1.807) is 26.2 Å². The van der Waals surface area contributed by atoms with Gasteiger partial charge >= 0.3 is 0 Å². The lowest BCUT2D eigenvalue weighted by atomic mass is 9.81. The number of aliphatic hydroxyl groups is 1. The van der Waals surface area contributed by atoms with Gasteiger partial charge in [-0.3, -0.25) is 0 Å². The predicted octanol–water partition coefficient (Wildman–Crippen LogP) is 3.96. The van der Waals surface area contributed by atoms with Crippen LogP contribution in [0, 0.1) is 22.7 Å². The molecule has 25 heavy (non-hydrogen) atoms. The highest BCUT2D eigenvalue weighted by Crippen LogP contribution is 2.51. The van der Waals surface area contributed by atoms with Crippen LogP contribution in [0.1, 0.15) is 40.2 Å². The van der Waals surface area contributed by atoms with Crippen LogP contribution in [0.25, 0.3) is 11.2 Å². The van der Waals surface area contributed by atoms with E-state index in [2.05, 4.69) is 16.0 Å². The Labute approximate surface area is 156 Å². The summed E-state index contributed by atoms with van der Waals surface area (Å²) in [5.74, 6) is -1.37. The summed E-state index contributed by atoms with van der Waals surface area (Å²) in [4.78, 5) is 8.71. The normalized spacial score (nSPS) is 29.9. The van der Waals surface area contributed by atoms with E-state index in [-0.39, 0.29) is 23.2 Å². The fourth-order valence-corrected chi connectivity index (χ4v) is 4.11. The predicted molar refractivity (Wildman–Crippen MR) is 95.3 cm³/mol. The SMILES string of the molecule is C[C@@H]1[C@@H](n2cnc3c(Cl)cc(Cl)nc32)[C@H](OC(C)(C)O)C[C@@]1(C)C#N. The summed E-state index contributed by atoms with van der Waals surface area (Å²) in [7, 11) is 0. The first kappa shape index (κ1) is 18.4. The topological polar surface area (TPSA) is 84.0 Å². The monoisotopic (exact) mass is 382 g/mol. The van der Waals surface area contributed by atoms with E-state index in [9.17, 15) is 10.4 Å².